The summed E-state index contributed by atoms with van der Waals surface area (Å²) in [5.41, 5.74) is -12.8. The molecule has 0 aliphatic carbocycles. The van der Waals surface area contributed by atoms with Crippen molar-refractivity contribution < 1.29 is 80.1 Å². The number of hydrogen-bond acceptors (Lipinski definition) is 2. The van der Waals surface area contributed by atoms with Crippen LogP contribution in [0.15, 0.2) is 323 Å². The molecule has 2 aromatic heterocycles. The van der Waals surface area contributed by atoms with E-state index in [0.717, 1.165) is 0 Å². The average molecular weight is 1120 g/mol. The summed E-state index contributed by atoms with van der Waals surface area (Å²) in [5, 5.41) is -7.48. The Morgan fingerprint density at radius 2 is 0.393 bits per heavy atom. The lowest BCUT2D eigenvalue weighted by molar-refractivity contribution is 0.668. The van der Waals surface area contributed by atoms with Gasteiger partial charge in [-0.15, -0.1) is 0 Å². The first-order valence-electron chi connectivity index (χ1n) is 50.6. The highest BCUT2D eigenvalue weighted by Crippen LogP contribution is 2.47. The van der Waals surface area contributed by atoms with Crippen molar-refractivity contribution in [3.05, 3.63) is 314 Å². The van der Waals surface area contributed by atoms with E-state index < -0.39 is 479 Å². The summed E-state index contributed by atoms with van der Waals surface area (Å²) in [7, 11) is 0. The lowest BCUT2D eigenvalue weighted by Gasteiger charge is -2.18. The number of rotatable bonds is 7. The van der Waals surface area contributed by atoms with E-state index in [-0.39, 0.29) is 0 Å². The fourth-order valence-electron chi connectivity index (χ4n) is 9.57. The summed E-state index contributed by atoms with van der Waals surface area (Å²) in [6, 6.07) is -47.9. The molecule has 2 nitrogen and oxygen atoms in total. The smallest absolute Gasteiger partial charge is 0.135 e. The van der Waals surface area contributed by atoms with Crippen LogP contribution in [0.4, 0.5) is 0 Å². The van der Waals surface area contributed by atoms with Gasteiger partial charge in [0.05, 0.1) is 71.3 Å². The molecule has 0 aliphatic rings. The van der Waals surface area contributed by atoms with Gasteiger partial charge in [-0.05, 0) is 163 Å². The minimum atomic E-state index is -1.12. The maximum absolute atomic E-state index is 9.61. The molecule has 392 valence electrons. The molecule has 0 saturated heterocycles. The lowest BCUT2D eigenvalue weighted by Crippen LogP contribution is -1.91. The Labute approximate surface area is 559 Å². The third kappa shape index (κ3) is 8.43. The monoisotopic (exact) mass is 1120 g/mol. The average Bonchev–Trinajstić information content (AvgIpc) is 0.833. The zero-order chi connectivity index (χ0) is 101. The molecule has 17 aromatic rings. The van der Waals surface area contributed by atoms with Crippen molar-refractivity contribution in [2.45, 2.75) is 0 Å². The summed E-state index contributed by atoms with van der Waals surface area (Å²) < 4.78 is 472. The van der Waals surface area contributed by atoms with Crippen molar-refractivity contribution >= 4 is 87.0 Å². The first-order valence-corrected chi connectivity index (χ1v) is 24.6. The predicted octanol–water partition coefficient (Wildman–Crippen LogP) is 23.5. The highest BCUT2D eigenvalue weighted by atomic mass is 16.3. The molecule has 2 heterocycles. The molecule has 0 radical (unpaired) electrons. The third-order valence-corrected chi connectivity index (χ3v) is 13.1. The van der Waals surface area contributed by atoms with E-state index in [9.17, 15) is 23.3 Å². The van der Waals surface area contributed by atoms with Crippen molar-refractivity contribution in [2.75, 3.05) is 0 Å². The van der Waals surface area contributed by atoms with Crippen LogP contribution in [0.1, 0.15) is 71.3 Å². The number of furan rings is 2. The summed E-state index contributed by atoms with van der Waals surface area (Å²) in [6.45, 7) is 0. The van der Waals surface area contributed by atoms with Gasteiger partial charge in [-0.3, -0.25) is 0 Å². The molecule has 0 amide bonds. The molecule has 0 atom stereocenters. The summed E-state index contributed by atoms with van der Waals surface area (Å²) in [5.74, 6) is 0. The maximum Gasteiger partial charge on any atom is 0.135 e. The predicted molar refractivity (Wildman–Crippen MR) is 356 cm³/mol. The number of benzene rings is 15. The van der Waals surface area contributed by atoms with E-state index in [2.05, 4.69) is 0 Å². The summed E-state index contributed by atoms with van der Waals surface area (Å²) >= 11 is 0. The van der Waals surface area contributed by atoms with Crippen LogP contribution >= 0.6 is 0 Å². The highest BCUT2D eigenvalue weighted by Gasteiger charge is 2.20. The quantitative estimate of drug-likeness (QED) is 0.149. The minimum absolute atomic E-state index is 0.402. The topological polar surface area (TPSA) is 26.3 Å². The maximum atomic E-state index is 9.61. The van der Waals surface area contributed by atoms with Crippen LogP contribution in [0, 0.1) is 0 Å². The molecule has 0 N–H and O–H groups in total. The summed E-state index contributed by atoms with van der Waals surface area (Å²) in [4.78, 5) is 0. The largest absolute Gasteiger partial charge is 0.456 e. The van der Waals surface area contributed by atoms with E-state index in [4.69, 9.17) is 56.8 Å². The number of fused-ring (bicyclic) bond motifs is 10. The van der Waals surface area contributed by atoms with Gasteiger partial charge in [-0.25, -0.2) is 0 Å². The molecule has 0 aliphatic heterocycles. The zero-order valence-electron chi connectivity index (χ0n) is 93.8. The molecule has 0 spiro atoms. The van der Waals surface area contributed by atoms with Crippen molar-refractivity contribution in [1.82, 2.24) is 0 Å². The van der Waals surface area contributed by atoms with Crippen LogP contribution in [0.5, 0.6) is 0 Å². The first kappa shape index (κ1) is 19.3. The third-order valence-electron chi connectivity index (χ3n) is 13.1. The second kappa shape index (κ2) is 20.5. The van der Waals surface area contributed by atoms with Gasteiger partial charge >= 0.3 is 0 Å². The molecule has 17 rings (SSSR count). The van der Waals surface area contributed by atoms with Gasteiger partial charge in [-0.2, -0.15) is 0 Å². The molecule has 2 heteroatoms. The van der Waals surface area contributed by atoms with Crippen molar-refractivity contribution in [1.29, 1.82) is 0 Å². The van der Waals surface area contributed by atoms with E-state index in [1.807, 2.05) is 0 Å². The Hall–Kier alpha value is -11.1. The van der Waals surface area contributed by atoms with Gasteiger partial charge in [-0.1, -0.05) is 272 Å². The van der Waals surface area contributed by atoms with Crippen molar-refractivity contribution in [2.24, 2.45) is 0 Å². The summed E-state index contributed by atoms with van der Waals surface area (Å²) in [6.07, 6.45) is 0. The molecular weight excluding hydrogens is 1020 g/mol. The standard InChI is InChI=1S/C44H28O.C38H24O/c1-2-10-29(11-3-1)30-18-20-31(21-19-30)32-22-24-33(25-23-32)43-36-13-4-6-15-38(36)44(39-16-7-5-14-37(39)43)34-26-27-42-40(28-34)35-12-8-9-17-41(35)45-42;1-2-11-25(12-3-1)26-13-10-14-27(23-26)37-30-16-4-6-18-32(30)38(33-19-7-5-17-31(33)37)28-21-22-36-34(24-28)29-15-8-9-20-35(29)39-36/h1-28H;1-24H/i1D,2D,3D,4D,5D,6D,7D,8D,9D,10D,11D,12D,13D,14D,15D,16D,17D,18D,19D,20D,21D,22D,23D,24D,25D,26D,27D,28D;1D,2D,3D,4D,5D,6D,7D,8D,9D,10D,11D,12D,13D,14D,15D,16D,17D,18D,19D,20D,21D,22D,23D,24D. The number of hydrogen-bond donors (Lipinski definition) is 0. The molecule has 84 heavy (non-hydrogen) atoms. The van der Waals surface area contributed by atoms with Gasteiger partial charge in [0.1, 0.15) is 22.3 Å². The zero-order valence-corrected chi connectivity index (χ0v) is 41.8. The molecule has 0 fully saturated rings. The van der Waals surface area contributed by atoms with E-state index in [0.29, 0.717) is 0 Å². The van der Waals surface area contributed by atoms with Crippen LogP contribution in [-0.2, 0) is 0 Å². The van der Waals surface area contributed by atoms with Crippen molar-refractivity contribution in [3.63, 3.8) is 0 Å². The Bertz CT molecular complexity index is 8320. The second-order valence-electron chi connectivity index (χ2n) is 17.8. The van der Waals surface area contributed by atoms with Gasteiger partial charge in [0.2, 0.25) is 0 Å². The van der Waals surface area contributed by atoms with Crippen LogP contribution in [0.3, 0.4) is 0 Å². The normalized spacial score (nSPS) is 20.2. The fraction of sp³-hybridized carbons (Fsp3) is 0. The molecule has 0 saturated carbocycles. The van der Waals surface area contributed by atoms with Crippen molar-refractivity contribution in [3.8, 4) is 77.9 Å². The SMILES string of the molecule is [2H]c1c([2H])c([2H])c(-c2c([2H])c([2H])c(-c3c([2H])c([2H])c(-c4c5c([2H])c([2H])c([2H])c([2H])c5c(-c5c([2H])c([2H])c6oc7c([2H])c([2H])c([2H])c([2H])c7c6c5[2H])c5c([2H])c([2H])c([2H])c([2H])c45)c([2H])c3[2H])c([2H])c2[2H])c([2H])c1[2H].[2H]c1c([2H])c([2H])c(-c2c([2H])c([2H])c([2H])c(-c3c4c([2H])c([2H])c([2H])c([2H])c4c(-c4c([2H])c([2H])c5oc6c([2H])c([2H])c([2H])c([2H])c6c5c4[2H])c4c([2H])c([2H])c([2H])c([2H])c34)c2[2H])c([2H])c1[2H]. The first-order chi connectivity index (χ1) is 63.3. The minimum Gasteiger partial charge on any atom is -0.456 e. The molecule has 15 aromatic carbocycles. The highest BCUT2D eigenvalue weighted by molar-refractivity contribution is 6.24. The Balaban J connectivity index is 0.000000199. The second-order valence-corrected chi connectivity index (χ2v) is 17.8. The Morgan fingerprint density at radius 1 is 0.155 bits per heavy atom. The van der Waals surface area contributed by atoms with E-state index in [1.165, 1.54) is 0 Å². The van der Waals surface area contributed by atoms with Crippen LogP contribution in [0.25, 0.3) is 165 Å². The van der Waals surface area contributed by atoms with Crippen LogP contribution < -0.4 is 0 Å². The molecule has 0 bridgehead atoms. The molecular formula is C82H52O2. The number of para-hydroxylation sites is 2. The Kier molecular flexibility index (Phi) is 4.70. The van der Waals surface area contributed by atoms with E-state index in [1.54, 1.807) is 0 Å². The van der Waals surface area contributed by atoms with E-state index >= 15 is 0 Å². The van der Waals surface area contributed by atoms with Crippen LogP contribution in [0.2, 0.25) is 0 Å². The van der Waals surface area contributed by atoms with Gasteiger partial charge in [0.25, 0.3) is 0 Å². The lowest BCUT2D eigenvalue weighted by atomic mass is 9.85. The van der Waals surface area contributed by atoms with Gasteiger partial charge in [0.15, 0.2) is 0 Å². The fourth-order valence-corrected chi connectivity index (χ4v) is 9.57. The van der Waals surface area contributed by atoms with Gasteiger partial charge < -0.3 is 8.83 Å². The van der Waals surface area contributed by atoms with Crippen LogP contribution in [-0.4, -0.2) is 0 Å². The Morgan fingerprint density at radius 3 is 0.774 bits per heavy atom. The molecule has 0 unspecified atom stereocenters. The van der Waals surface area contributed by atoms with Gasteiger partial charge in [0, 0.05) is 21.5 Å².